The number of pyridine rings is 1. The molecule has 1 amide bonds. The summed E-state index contributed by atoms with van der Waals surface area (Å²) in [6, 6.07) is 19.6. The van der Waals surface area contributed by atoms with E-state index in [1.165, 1.54) is 18.0 Å². The van der Waals surface area contributed by atoms with Gasteiger partial charge >= 0.3 is 0 Å². The van der Waals surface area contributed by atoms with Crippen LogP contribution >= 0.6 is 11.8 Å². The number of aromatic nitrogens is 1. The molecule has 3 aromatic rings. The minimum Gasteiger partial charge on any atom is -0.618 e. The molecule has 0 atom stereocenters. The molecule has 0 aliphatic heterocycles. The quantitative estimate of drug-likeness (QED) is 0.350. The Morgan fingerprint density at radius 3 is 2.29 bits per heavy atom. The van der Waals surface area contributed by atoms with Crippen LogP contribution in [0.15, 0.2) is 78.0 Å². The van der Waals surface area contributed by atoms with Gasteiger partial charge in [0.1, 0.15) is 17.2 Å². The number of benzene rings is 2. The van der Waals surface area contributed by atoms with Crippen molar-refractivity contribution in [2.24, 2.45) is 0 Å². The summed E-state index contributed by atoms with van der Waals surface area (Å²) in [5.74, 6) is 2.12. The monoisotopic (exact) mass is 396 g/mol. The molecule has 7 heteroatoms. The second-order valence-electron chi connectivity index (χ2n) is 5.73. The predicted octanol–water partition coefficient (Wildman–Crippen LogP) is 4.24. The van der Waals surface area contributed by atoms with Gasteiger partial charge in [-0.1, -0.05) is 0 Å². The Morgan fingerprint density at radius 1 is 1.00 bits per heavy atom. The highest BCUT2D eigenvalue weighted by molar-refractivity contribution is 7.99. The number of hydrogen-bond acceptors (Lipinski definition) is 5. The zero-order valence-corrected chi connectivity index (χ0v) is 16.1. The van der Waals surface area contributed by atoms with Gasteiger partial charge in [0.05, 0.1) is 12.4 Å². The van der Waals surface area contributed by atoms with Crippen LogP contribution in [-0.4, -0.2) is 18.3 Å². The van der Waals surface area contributed by atoms with Crippen LogP contribution in [-0.2, 0) is 4.79 Å². The fourth-order valence-electron chi connectivity index (χ4n) is 2.37. The number of thioether (sulfide) groups is 1. The number of rotatable bonds is 8. The Bertz CT molecular complexity index is 914. The molecule has 0 saturated heterocycles. The molecule has 0 radical (unpaired) electrons. The number of nitrogens with zero attached hydrogens (tertiary/aromatic N) is 1. The highest BCUT2D eigenvalue weighted by Crippen LogP contribution is 2.25. The smallest absolute Gasteiger partial charge is 0.251 e. The van der Waals surface area contributed by atoms with Gasteiger partial charge in [0.2, 0.25) is 5.91 Å². The normalized spacial score (nSPS) is 10.3. The summed E-state index contributed by atoms with van der Waals surface area (Å²) in [6.07, 6.45) is 1.41. The molecule has 2 aromatic carbocycles. The number of hydrogen-bond donors (Lipinski definition) is 1. The zero-order chi connectivity index (χ0) is 19.8. The van der Waals surface area contributed by atoms with E-state index < -0.39 is 0 Å². The van der Waals surface area contributed by atoms with E-state index in [1.54, 1.807) is 42.5 Å². The predicted molar refractivity (Wildman–Crippen MR) is 109 cm³/mol. The topological polar surface area (TPSA) is 74.5 Å². The van der Waals surface area contributed by atoms with E-state index >= 15 is 0 Å². The molecule has 6 nitrogen and oxygen atoms in total. The van der Waals surface area contributed by atoms with Gasteiger partial charge in [-0.3, -0.25) is 4.79 Å². The van der Waals surface area contributed by atoms with E-state index in [1.807, 2.05) is 31.2 Å². The summed E-state index contributed by atoms with van der Waals surface area (Å²) in [5, 5.41) is 14.9. The molecule has 1 aromatic heterocycles. The van der Waals surface area contributed by atoms with Crippen LogP contribution in [0.1, 0.15) is 6.92 Å². The van der Waals surface area contributed by atoms with E-state index in [0.29, 0.717) is 28.8 Å². The molecule has 1 heterocycles. The maximum absolute atomic E-state index is 12.1. The van der Waals surface area contributed by atoms with Crippen molar-refractivity contribution in [3.63, 3.8) is 0 Å². The number of nitrogens with one attached hydrogen (secondary N) is 1. The van der Waals surface area contributed by atoms with Crippen LogP contribution in [0.25, 0.3) is 0 Å². The molecular formula is C21H20N2O4S. The molecule has 0 saturated carbocycles. The van der Waals surface area contributed by atoms with E-state index in [4.69, 9.17) is 9.47 Å². The molecular weight excluding hydrogens is 376 g/mol. The SMILES string of the molecule is CCOc1ccc(Oc2ccc(NC(=O)CSc3cccc[n+]3[O-])cc2)cc1. The van der Waals surface area contributed by atoms with E-state index in [2.05, 4.69) is 5.32 Å². The van der Waals surface area contributed by atoms with E-state index in [0.717, 1.165) is 10.5 Å². The van der Waals surface area contributed by atoms with Crippen molar-refractivity contribution in [3.05, 3.63) is 78.1 Å². The molecule has 0 bridgehead atoms. The van der Waals surface area contributed by atoms with Crippen LogP contribution in [0.3, 0.4) is 0 Å². The molecule has 3 rings (SSSR count). The average Bonchev–Trinajstić information content (AvgIpc) is 2.71. The van der Waals surface area contributed by atoms with Gasteiger partial charge in [-0.15, -0.1) is 0 Å². The molecule has 28 heavy (non-hydrogen) atoms. The molecule has 0 fully saturated rings. The van der Waals surface area contributed by atoms with Gasteiger partial charge in [0.15, 0.2) is 6.20 Å². The first-order chi connectivity index (χ1) is 13.6. The van der Waals surface area contributed by atoms with Gasteiger partial charge in [-0.05, 0) is 73.3 Å². The number of anilines is 1. The van der Waals surface area contributed by atoms with Crippen LogP contribution < -0.4 is 19.5 Å². The van der Waals surface area contributed by atoms with Crippen LogP contribution in [0.2, 0.25) is 0 Å². The Hall–Kier alpha value is -3.19. The second kappa shape index (κ2) is 9.66. The van der Waals surface area contributed by atoms with Gasteiger partial charge in [-0.25, -0.2) is 0 Å². The Morgan fingerprint density at radius 2 is 1.64 bits per heavy atom. The summed E-state index contributed by atoms with van der Waals surface area (Å²) >= 11 is 1.19. The summed E-state index contributed by atoms with van der Waals surface area (Å²) in [7, 11) is 0. The highest BCUT2D eigenvalue weighted by atomic mass is 32.2. The zero-order valence-electron chi connectivity index (χ0n) is 15.3. The Kier molecular flexibility index (Phi) is 6.75. The van der Waals surface area contributed by atoms with E-state index in [9.17, 15) is 10.0 Å². The standard InChI is InChI=1S/C21H20N2O4S/c1-2-26-17-10-12-19(13-11-17)27-18-8-6-16(7-9-18)22-20(24)15-28-21-5-3-4-14-23(21)25/h3-14H,2,15H2,1H3,(H,22,24). The van der Waals surface area contributed by atoms with Crippen molar-refractivity contribution in [2.45, 2.75) is 11.9 Å². The number of carbonyl (C=O) groups excluding carboxylic acids is 1. The van der Waals surface area contributed by atoms with Crippen molar-refractivity contribution in [2.75, 3.05) is 17.7 Å². The van der Waals surface area contributed by atoms with Crippen LogP contribution in [0.5, 0.6) is 17.2 Å². The molecule has 0 unspecified atom stereocenters. The largest absolute Gasteiger partial charge is 0.618 e. The Balaban J connectivity index is 1.51. The third kappa shape index (κ3) is 5.65. The van der Waals surface area contributed by atoms with E-state index in [-0.39, 0.29) is 11.7 Å². The molecule has 0 spiro atoms. The molecule has 0 aliphatic rings. The van der Waals surface area contributed by atoms with Crippen molar-refractivity contribution in [1.29, 1.82) is 0 Å². The first kappa shape index (κ1) is 19.6. The highest BCUT2D eigenvalue weighted by Gasteiger charge is 2.09. The third-order valence-corrected chi connectivity index (χ3v) is 4.67. The van der Waals surface area contributed by atoms with Crippen molar-refractivity contribution in [1.82, 2.24) is 0 Å². The fraction of sp³-hybridized carbons (Fsp3) is 0.143. The summed E-state index contributed by atoms with van der Waals surface area (Å²) < 4.78 is 11.9. The maximum atomic E-state index is 12.1. The van der Waals surface area contributed by atoms with Gasteiger partial charge in [0, 0.05) is 17.8 Å². The Labute approximate surface area is 167 Å². The van der Waals surface area contributed by atoms with Gasteiger partial charge in [-0.2, -0.15) is 4.73 Å². The minimum absolute atomic E-state index is 0.149. The lowest BCUT2D eigenvalue weighted by Crippen LogP contribution is -2.28. The second-order valence-corrected chi connectivity index (χ2v) is 6.73. The van der Waals surface area contributed by atoms with Crippen molar-refractivity contribution in [3.8, 4) is 17.2 Å². The van der Waals surface area contributed by atoms with Crippen molar-refractivity contribution < 1.29 is 19.0 Å². The number of ether oxygens (including phenoxy) is 2. The minimum atomic E-state index is -0.186. The maximum Gasteiger partial charge on any atom is 0.251 e. The lowest BCUT2D eigenvalue weighted by Gasteiger charge is -2.09. The first-order valence-electron chi connectivity index (χ1n) is 8.75. The summed E-state index contributed by atoms with van der Waals surface area (Å²) in [6.45, 7) is 2.55. The summed E-state index contributed by atoms with van der Waals surface area (Å²) in [4.78, 5) is 12.1. The van der Waals surface area contributed by atoms with Crippen molar-refractivity contribution >= 4 is 23.4 Å². The van der Waals surface area contributed by atoms with Crippen LogP contribution in [0, 0.1) is 5.21 Å². The van der Waals surface area contributed by atoms with Crippen LogP contribution in [0.4, 0.5) is 5.69 Å². The number of amides is 1. The van der Waals surface area contributed by atoms with Gasteiger partial charge < -0.3 is 20.0 Å². The lowest BCUT2D eigenvalue weighted by atomic mass is 10.3. The fourth-order valence-corrected chi connectivity index (χ4v) is 3.09. The molecule has 1 N–H and O–H groups in total. The lowest BCUT2D eigenvalue weighted by molar-refractivity contribution is -0.645. The molecule has 144 valence electrons. The third-order valence-electron chi connectivity index (χ3n) is 3.65. The molecule has 0 aliphatic carbocycles. The average molecular weight is 396 g/mol. The summed E-state index contributed by atoms with van der Waals surface area (Å²) in [5.41, 5.74) is 0.660. The first-order valence-corrected chi connectivity index (χ1v) is 9.74. The van der Waals surface area contributed by atoms with Gasteiger partial charge in [0.25, 0.3) is 5.03 Å². The number of carbonyl (C=O) groups is 1.